The summed E-state index contributed by atoms with van der Waals surface area (Å²) in [6.45, 7) is 6.19. The second-order valence-corrected chi connectivity index (χ2v) is 4.55. The Morgan fingerprint density at radius 1 is 1.33 bits per heavy atom. The molecule has 18 heavy (non-hydrogen) atoms. The number of aryl methyl sites for hydroxylation is 1. The van der Waals surface area contributed by atoms with E-state index in [1.54, 1.807) is 12.1 Å². The van der Waals surface area contributed by atoms with Crippen LogP contribution in [0.15, 0.2) is 22.6 Å². The largest absolute Gasteiger partial charge is 0.408 e. The Morgan fingerprint density at radius 2 is 2.11 bits per heavy atom. The van der Waals surface area contributed by atoms with Gasteiger partial charge < -0.3 is 9.73 Å². The minimum atomic E-state index is -0.239. The molecule has 2 rings (SSSR count). The fourth-order valence-corrected chi connectivity index (χ4v) is 1.55. The van der Waals surface area contributed by atoms with E-state index in [0.717, 1.165) is 5.56 Å². The normalized spacial score (nSPS) is 10.9. The van der Waals surface area contributed by atoms with Gasteiger partial charge in [0.1, 0.15) is 5.82 Å². The van der Waals surface area contributed by atoms with Crippen LogP contribution in [0.4, 0.5) is 10.4 Å². The van der Waals surface area contributed by atoms with Crippen molar-refractivity contribution >= 4 is 6.01 Å². The van der Waals surface area contributed by atoms with Crippen LogP contribution in [0.2, 0.25) is 0 Å². The highest BCUT2D eigenvalue weighted by Gasteiger charge is 2.10. The van der Waals surface area contributed by atoms with Crippen LogP contribution in [0.25, 0.3) is 0 Å². The van der Waals surface area contributed by atoms with Crippen molar-refractivity contribution in [2.24, 2.45) is 0 Å². The molecular weight excluding hydrogens is 233 g/mol. The number of halogens is 1. The zero-order chi connectivity index (χ0) is 13.1. The van der Waals surface area contributed by atoms with Gasteiger partial charge in [0.05, 0.1) is 0 Å². The topological polar surface area (TPSA) is 51.0 Å². The first kappa shape index (κ1) is 12.5. The van der Waals surface area contributed by atoms with E-state index >= 15 is 0 Å². The Bertz CT molecular complexity index is 537. The van der Waals surface area contributed by atoms with Crippen LogP contribution >= 0.6 is 0 Å². The first-order valence-corrected chi connectivity index (χ1v) is 5.88. The van der Waals surface area contributed by atoms with Crippen molar-refractivity contribution in [1.29, 1.82) is 0 Å². The van der Waals surface area contributed by atoms with Crippen molar-refractivity contribution in [3.8, 4) is 0 Å². The van der Waals surface area contributed by atoms with Gasteiger partial charge in [-0.05, 0) is 13.0 Å². The van der Waals surface area contributed by atoms with Gasteiger partial charge in [-0.15, -0.1) is 5.10 Å². The maximum Gasteiger partial charge on any atom is 0.315 e. The highest BCUT2D eigenvalue weighted by Crippen LogP contribution is 2.16. The van der Waals surface area contributed by atoms with Crippen LogP contribution in [-0.4, -0.2) is 10.2 Å². The number of rotatable bonds is 4. The first-order valence-electron chi connectivity index (χ1n) is 5.88. The lowest BCUT2D eigenvalue weighted by Gasteiger charge is -2.04. The maximum absolute atomic E-state index is 13.5. The van der Waals surface area contributed by atoms with E-state index < -0.39 is 0 Å². The van der Waals surface area contributed by atoms with Crippen molar-refractivity contribution < 1.29 is 8.81 Å². The summed E-state index contributed by atoms with van der Waals surface area (Å²) in [6, 6.07) is 5.31. The Hall–Kier alpha value is -1.91. The summed E-state index contributed by atoms with van der Waals surface area (Å²) in [5.41, 5.74) is 1.60. The van der Waals surface area contributed by atoms with Crippen LogP contribution in [0, 0.1) is 12.7 Å². The summed E-state index contributed by atoms with van der Waals surface area (Å²) in [5, 5.41) is 10.7. The minimum Gasteiger partial charge on any atom is -0.408 e. The quantitative estimate of drug-likeness (QED) is 0.903. The third-order valence-corrected chi connectivity index (χ3v) is 2.57. The number of benzene rings is 1. The number of hydrogen-bond donors (Lipinski definition) is 1. The molecule has 4 nitrogen and oxygen atoms in total. The van der Waals surface area contributed by atoms with Gasteiger partial charge in [-0.25, -0.2) is 4.39 Å². The molecule has 0 bridgehead atoms. The van der Waals surface area contributed by atoms with Crippen LogP contribution < -0.4 is 5.32 Å². The fourth-order valence-electron chi connectivity index (χ4n) is 1.55. The summed E-state index contributed by atoms with van der Waals surface area (Å²) < 4.78 is 18.9. The SMILES string of the molecule is Cc1ccc(F)c(CNc2nnc(C(C)C)o2)c1. The van der Waals surface area contributed by atoms with E-state index in [1.807, 2.05) is 20.8 Å². The van der Waals surface area contributed by atoms with E-state index in [1.165, 1.54) is 6.07 Å². The molecule has 2 aromatic rings. The minimum absolute atomic E-state index is 0.184. The third kappa shape index (κ3) is 2.85. The average molecular weight is 249 g/mol. The molecule has 1 aromatic carbocycles. The zero-order valence-corrected chi connectivity index (χ0v) is 10.7. The molecule has 1 heterocycles. The molecule has 1 aromatic heterocycles. The highest BCUT2D eigenvalue weighted by atomic mass is 19.1. The highest BCUT2D eigenvalue weighted by molar-refractivity contribution is 5.28. The number of hydrogen-bond acceptors (Lipinski definition) is 4. The molecule has 0 aliphatic heterocycles. The Balaban J connectivity index is 2.04. The second-order valence-electron chi connectivity index (χ2n) is 4.55. The Kier molecular flexibility index (Phi) is 3.60. The number of nitrogens with zero attached hydrogens (tertiary/aromatic N) is 2. The Labute approximate surface area is 105 Å². The molecule has 0 amide bonds. The van der Waals surface area contributed by atoms with Crippen LogP contribution in [0.3, 0.4) is 0 Å². The number of anilines is 1. The lowest BCUT2D eigenvalue weighted by atomic mass is 10.1. The van der Waals surface area contributed by atoms with Crippen molar-refractivity contribution in [3.63, 3.8) is 0 Å². The standard InChI is InChI=1S/C13H16FN3O/c1-8(2)12-16-17-13(18-12)15-7-10-6-9(3)4-5-11(10)14/h4-6,8H,7H2,1-3H3,(H,15,17). The zero-order valence-electron chi connectivity index (χ0n) is 10.7. The summed E-state index contributed by atoms with van der Waals surface area (Å²) >= 11 is 0. The molecule has 0 saturated carbocycles. The van der Waals surface area contributed by atoms with E-state index in [-0.39, 0.29) is 11.7 Å². The van der Waals surface area contributed by atoms with E-state index in [0.29, 0.717) is 24.0 Å². The second kappa shape index (κ2) is 5.16. The van der Waals surface area contributed by atoms with Crippen molar-refractivity contribution in [3.05, 3.63) is 41.0 Å². The molecule has 0 unspecified atom stereocenters. The van der Waals surface area contributed by atoms with Crippen molar-refractivity contribution in [2.75, 3.05) is 5.32 Å². The maximum atomic E-state index is 13.5. The smallest absolute Gasteiger partial charge is 0.315 e. The molecule has 0 radical (unpaired) electrons. The van der Waals surface area contributed by atoms with E-state index in [4.69, 9.17) is 4.42 Å². The van der Waals surface area contributed by atoms with E-state index in [9.17, 15) is 4.39 Å². The molecule has 1 N–H and O–H groups in total. The average Bonchev–Trinajstić information content (AvgIpc) is 2.79. The molecule has 0 saturated heterocycles. The van der Waals surface area contributed by atoms with Crippen LogP contribution in [0.5, 0.6) is 0 Å². The van der Waals surface area contributed by atoms with Crippen LogP contribution in [-0.2, 0) is 6.54 Å². The first-order chi connectivity index (χ1) is 8.56. The van der Waals surface area contributed by atoms with Gasteiger partial charge in [0, 0.05) is 18.0 Å². The van der Waals surface area contributed by atoms with Gasteiger partial charge >= 0.3 is 6.01 Å². The molecule has 0 aliphatic carbocycles. The molecule has 0 fully saturated rings. The van der Waals surface area contributed by atoms with Gasteiger partial charge in [-0.1, -0.05) is 36.6 Å². The molecule has 96 valence electrons. The fraction of sp³-hybridized carbons (Fsp3) is 0.385. The summed E-state index contributed by atoms with van der Waals surface area (Å²) in [6.07, 6.45) is 0. The number of aromatic nitrogens is 2. The van der Waals surface area contributed by atoms with Gasteiger partial charge in [-0.3, -0.25) is 0 Å². The predicted octanol–water partition coefficient (Wildman–Crippen LogP) is 3.25. The van der Waals surface area contributed by atoms with Gasteiger partial charge in [-0.2, -0.15) is 0 Å². The molecular formula is C13H16FN3O. The van der Waals surface area contributed by atoms with Crippen molar-refractivity contribution in [1.82, 2.24) is 10.2 Å². The third-order valence-electron chi connectivity index (χ3n) is 2.57. The Morgan fingerprint density at radius 3 is 2.78 bits per heavy atom. The molecule has 0 aliphatic rings. The lowest BCUT2D eigenvalue weighted by Crippen LogP contribution is -2.02. The molecule has 5 heteroatoms. The van der Waals surface area contributed by atoms with Gasteiger partial charge in [0.2, 0.25) is 5.89 Å². The van der Waals surface area contributed by atoms with Crippen LogP contribution in [0.1, 0.15) is 36.8 Å². The summed E-state index contributed by atoms with van der Waals surface area (Å²) in [4.78, 5) is 0. The van der Waals surface area contributed by atoms with Crippen molar-refractivity contribution in [2.45, 2.75) is 33.2 Å². The monoisotopic (exact) mass is 249 g/mol. The predicted molar refractivity (Wildman–Crippen MR) is 66.9 cm³/mol. The molecule has 0 spiro atoms. The number of nitrogens with one attached hydrogen (secondary N) is 1. The van der Waals surface area contributed by atoms with E-state index in [2.05, 4.69) is 15.5 Å². The van der Waals surface area contributed by atoms with Gasteiger partial charge in [0.15, 0.2) is 0 Å². The van der Waals surface area contributed by atoms with Gasteiger partial charge in [0.25, 0.3) is 0 Å². The lowest BCUT2D eigenvalue weighted by molar-refractivity contribution is 0.479. The summed E-state index contributed by atoms with van der Waals surface area (Å²) in [7, 11) is 0. The molecule has 0 atom stereocenters. The summed E-state index contributed by atoms with van der Waals surface area (Å²) in [5.74, 6) is 0.516.